The van der Waals surface area contributed by atoms with E-state index in [1.807, 2.05) is 0 Å². The summed E-state index contributed by atoms with van der Waals surface area (Å²) in [6, 6.07) is 0. The third-order valence-electron chi connectivity index (χ3n) is 2.29. The van der Waals surface area contributed by atoms with E-state index in [9.17, 15) is 0 Å². The van der Waals surface area contributed by atoms with Crippen LogP contribution in [0.1, 0.15) is 58.8 Å². The van der Waals surface area contributed by atoms with Crippen molar-refractivity contribution < 1.29 is 0 Å². The standard InChI is InChI=1S/C12H21Br/c1-3-4-5-6-7-8-9-12(2)10-11-13/h12H,3-9H2,1-2H3. The number of unbranched alkanes of at least 4 members (excludes halogenated alkanes) is 5. The molecular formula is C12H21Br. The Morgan fingerprint density at radius 3 is 2.31 bits per heavy atom. The largest absolute Gasteiger partial charge is 0.0877 e. The molecule has 0 nitrogen and oxygen atoms in total. The first-order chi connectivity index (χ1) is 6.31. The van der Waals surface area contributed by atoms with Crippen LogP contribution >= 0.6 is 15.9 Å². The Hall–Kier alpha value is 0.0400. The van der Waals surface area contributed by atoms with Gasteiger partial charge < -0.3 is 0 Å². The van der Waals surface area contributed by atoms with Crippen molar-refractivity contribution >= 4 is 15.9 Å². The second kappa shape index (κ2) is 10.1. The third-order valence-corrected chi connectivity index (χ3v) is 2.52. The van der Waals surface area contributed by atoms with E-state index in [1.54, 1.807) is 0 Å². The third kappa shape index (κ3) is 9.96. The van der Waals surface area contributed by atoms with Gasteiger partial charge in [0, 0.05) is 21.8 Å². The molecule has 0 N–H and O–H groups in total. The Kier molecular flexibility index (Phi) is 10.2. The van der Waals surface area contributed by atoms with Gasteiger partial charge in [0.25, 0.3) is 0 Å². The molecular weight excluding hydrogens is 224 g/mol. The number of hydrogen-bond donors (Lipinski definition) is 0. The van der Waals surface area contributed by atoms with Crippen LogP contribution in [0.25, 0.3) is 0 Å². The van der Waals surface area contributed by atoms with Crippen LogP contribution < -0.4 is 0 Å². The van der Waals surface area contributed by atoms with E-state index in [-0.39, 0.29) is 0 Å². The van der Waals surface area contributed by atoms with Crippen LogP contribution in [0.3, 0.4) is 0 Å². The number of halogens is 1. The van der Waals surface area contributed by atoms with Gasteiger partial charge in [0.1, 0.15) is 0 Å². The van der Waals surface area contributed by atoms with Crippen molar-refractivity contribution in [3.63, 3.8) is 0 Å². The Morgan fingerprint density at radius 1 is 1.08 bits per heavy atom. The van der Waals surface area contributed by atoms with E-state index >= 15 is 0 Å². The molecule has 0 spiro atoms. The molecule has 13 heavy (non-hydrogen) atoms. The van der Waals surface area contributed by atoms with Crippen LogP contribution in [0.5, 0.6) is 0 Å². The second-order valence-corrected chi connectivity index (χ2v) is 4.09. The van der Waals surface area contributed by atoms with Gasteiger partial charge in [-0.25, -0.2) is 0 Å². The summed E-state index contributed by atoms with van der Waals surface area (Å²) in [6.45, 7) is 4.45. The molecule has 1 unspecified atom stereocenters. The highest BCUT2D eigenvalue weighted by Gasteiger charge is 1.96. The van der Waals surface area contributed by atoms with E-state index in [1.165, 1.54) is 44.9 Å². The van der Waals surface area contributed by atoms with Gasteiger partial charge in [0.2, 0.25) is 0 Å². The zero-order valence-electron chi connectivity index (χ0n) is 8.91. The molecule has 0 aliphatic heterocycles. The lowest BCUT2D eigenvalue weighted by molar-refractivity contribution is 0.551. The molecule has 1 atom stereocenters. The van der Waals surface area contributed by atoms with Gasteiger partial charge in [-0.05, 0) is 11.3 Å². The fourth-order valence-electron chi connectivity index (χ4n) is 1.40. The van der Waals surface area contributed by atoms with E-state index in [0.717, 1.165) is 0 Å². The van der Waals surface area contributed by atoms with Gasteiger partial charge in [0.05, 0.1) is 0 Å². The minimum atomic E-state index is 0.561. The van der Waals surface area contributed by atoms with Crippen LogP contribution in [-0.4, -0.2) is 0 Å². The highest BCUT2D eigenvalue weighted by Crippen LogP contribution is 2.11. The first-order valence-corrected chi connectivity index (χ1v) is 6.21. The molecule has 0 bridgehead atoms. The lowest BCUT2D eigenvalue weighted by Gasteiger charge is -2.03. The smallest absolute Gasteiger partial charge is 0.0183 e. The van der Waals surface area contributed by atoms with Crippen molar-refractivity contribution in [3.05, 3.63) is 0 Å². The van der Waals surface area contributed by atoms with Gasteiger partial charge in [-0.3, -0.25) is 0 Å². The first-order valence-electron chi connectivity index (χ1n) is 5.42. The summed E-state index contributed by atoms with van der Waals surface area (Å²) in [5.74, 6) is 3.67. The molecule has 0 radical (unpaired) electrons. The molecule has 0 aliphatic carbocycles. The highest BCUT2D eigenvalue weighted by atomic mass is 79.9. The normalized spacial score (nSPS) is 11.9. The summed E-state index contributed by atoms with van der Waals surface area (Å²) >= 11 is 3.13. The molecule has 0 aliphatic rings. The van der Waals surface area contributed by atoms with E-state index in [4.69, 9.17) is 0 Å². The monoisotopic (exact) mass is 244 g/mol. The molecule has 0 aromatic carbocycles. The average Bonchev–Trinajstić information content (AvgIpc) is 2.11. The number of rotatable bonds is 7. The zero-order valence-corrected chi connectivity index (χ0v) is 10.5. The van der Waals surface area contributed by atoms with Gasteiger partial charge >= 0.3 is 0 Å². The minimum absolute atomic E-state index is 0.561. The van der Waals surface area contributed by atoms with Crippen molar-refractivity contribution in [2.45, 2.75) is 58.8 Å². The Labute approximate surface area is 91.6 Å². The molecule has 0 heterocycles. The molecule has 0 fully saturated rings. The van der Waals surface area contributed by atoms with Gasteiger partial charge in [-0.15, -0.1) is 0 Å². The Balaban J connectivity index is 3.10. The average molecular weight is 245 g/mol. The van der Waals surface area contributed by atoms with Crippen LogP contribution in [0.2, 0.25) is 0 Å². The zero-order chi connectivity index (χ0) is 9.94. The van der Waals surface area contributed by atoms with Crippen molar-refractivity contribution in [2.24, 2.45) is 5.92 Å². The maximum absolute atomic E-state index is 3.13. The maximum Gasteiger partial charge on any atom is 0.0183 e. The summed E-state index contributed by atoms with van der Waals surface area (Å²) in [4.78, 5) is 2.79. The Morgan fingerprint density at radius 2 is 1.69 bits per heavy atom. The molecule has 1 heteroatoms. The van der Waals surface area contributed by atoms with Crippen molar-refractivity contribution in [1.29, 1.82) is 0 Å². The summed E-state index contributed by atoms with van der Waals surface area (Å²) in [5.41, 5.74) is 0. The molecule has 0 aromatic heterocycles. The van der Waals surface area contributed by atoms with Crippen LogP contribution in [0.15, 0.2) is 0 Å². The lowest BCUT2D eigenvalue weighted by atomic mass is 10.0. The topological polar surface area (TPSA) is 0 Å². The lowest BCUT2D eigenvalue weighted by Crippen LogP contribution is -1.89. The Bertz CT molecular complexity index is 152. The van der Waals surface area contributed by atoms with E-state index in [2.05, 4.69) is 40.5 Å². The predicted octanol–water partition coefficient (Wildman–Crippen LogP) is 4.73. The van der Waals surface area contributed by atoms with Crippen molar-refractivity contribution in [1.82, 2.24) is 0 Å². The quantitative estimate of drug-likeness (QED) is 0.449. The molecule has 0 saturated carbocycles. The molecule has 0 rings (SSSR count). The van der Waals surface area contributed by atoms with Crippen LogP contribution in [0, 0.1) is 16.7 Å². The fourth-order valence-corrected chi connectivity index (χ4v) is 1.79. The van der Waals surface area contributed by atoms with Crippen molar-refractivity contribution in [3.8, 4) is 10.8 Å². The molecule has 0 aromatic rings. The second-order valence-electron chi connectivity index (χ2n) is 3.70. The summed E-state index contributed by atoms with van der Waals surface area (Å²) in [6.07, 6.45) is 9.53. The molecule has 76 valence electrons. The summed E-state index contributed by atoms with van der Waals surface area (Å²) < 4.78 is 0. The van der Waals surface area contributed by atoms with Gasteiger partial charge in [-0.2, -0.15) is 0 Å². The van der Waals surface area contributed by atoms with E-state index < -0.39 is 0 Å². The van der Waals surface area contributed by atoms with Crippen molar-refractivity contribution in [2.75, 3.05) is 0 Å². The summed E-state index contributed by atoms with van der Waals surface area (Å²) in [7, 11) is 0. The fraction of sp³-hybridized carbons (Fsp3) is 0.833. The first kappa shape index (κ1) is 13.0. The highest BCUT2D eigenvalue weighted by molar-refractivity contribution is 9.12. The SMILES string of the molecule is CCCCCCCCC(C)C#CBr. The summed E-state index contributed by atoms with van der Waals surface area (Å²) in [5, 5.41) is 0. The number of hydrogen-bond acceptors (Lipinski definition) is 0. The van der Waals surface area contributed by atoms with E-state index in [0.29, 0.717) is 5.92 Å². The van der Waals surface area contributed by atoms with Crippen LogP contribution in [0.4, 0.5) is 0 Å². The molecule has 0 saturated heterocycles. The maximum atomic E-state index is 3.13. The minimum Gasteiger partial charge on any atom is -0.0877 e. The molecule has 0 amide bonds. The van der Waals surface area contributed by atoms with Crippen LogP contribution in [-0.2, 0) is 0 Å². The predicted molar refractivity (Wildman–Crippen MR) is 63.9 cm³/mol. The van der Waals surface area contributed by atoms with Gasteiger partial charge in [-0.1, -0.05) is 58.3 Å². The van der Waals surface area contributed by atoms with Gasteiger partial charge in [0.15, 0.2) is 0 Å².